The minimum atomic E-state index is -1.01. The number of carboxylic acids is 1. The van der Waals surface area contributed by atoms with E-state index in [1.807, 2.05) is 6.07 Å². The zero-order chi connectivity index (χ0) is 13.8. The average Bonchev–Trinajstić information content (AvgIpc) is 2.41. The first-order valence-electron chi connectivity index (χ1n) is 5.26. The Kier molecular flexibility index (Phi) is 3.78. The van der Waals surface area contributed by atoms with Gasteiger partial charge in [-0.05, 0) is 46.3 Å². The molecule has 0 spiro atoms. The first kappa shape index (κ1) is 13.1. The molecule has 1 heterocycles. The largest absolute Gasteiger partial charge is 0.478 e. The van der Waals surface area contributed by atoms with Crippen LogP contribution in [0.2, 0.25) is 0 Å². The van der Waals surface area contributed by atoms with Crippen molar-refractivity contribution in [3.63, 3.8) is 0 Å². The zero-order valence-electron chi connectivity index (χ0n) is 9.59. The molecule has 0 amide bonds. The number of carboxylic acid groups (broad SMARTS) is 1. The van der Waals surface area contributed by atoms with Crippen molar-refractivity contribution in [1.82, 2.24) is 4.98 Å². The van der Waals surface area contributed by atoms with Crippen molar-refractivity contribution in [3.05, 3.63) is 52.3 Å². The van der Waals surface area contributed by atoms with Crippen molar-refractivity contribution in [3.8, 4) is 6.07 Å². The summed E-state index contributed by atoms with van der Waals surface area (Å²) in [6, 6.07) is 10.1. The number of hydrogen-bond donors (Lipinski definition) is 2. The van der Waals surface area contributed by atoms with E-state index in [-0.39, 0.29) is 5.56 Å². The molecule has 0 fully saturated rings. The number of anilines is 2. The molecule has 0 saturated carbocycles. The van der Waals surface area contributed by atoms with E-state index >= 15 is 0 Å². The third-order valence-corrected chi connectivity index (χ3v) is 3.05. The van der Waals surface area contributed by atoms with Crippen LogP contribution in [0.15, 0.2) is 41.0 Å². The number of benzene rings is 1. The minimum absolute atomic E-state index is 0.173. The topological polar surface area (TPSA) is 86.0 Å². The summed E-state index contributed by atoms with van der Waals surface area (Å²) in [6.07, 6.45) is 1.51. The van der Waals surface area contributed by atoms with Crippen LogP contribution in [0.1, 0.15) is 16.1 Å². The zero-order valence-corrected chi connectivity index (χ0v) is 11.2. The first-order chi connectivity index (χ1) is 9.10. The van der Waals surface area contributed by atoms with Gasteiger partial charge in [0.25, 0.3) is 0 Å². The number of hydrogen-bond acceptors (Lipinski definition) is 4. The number of rotatable bonds is 3. The Labute approximate surface area is 117 Å². The third kappa shape index (κ3) is 3.09. The number of nitrogens with zero attached hydrogens (tertiary/aromatic N) is 2. The van der Waals surface area contributed by atoms with E-state index in [9.17, 15) is 4.79 Å². The van der Waals surface area contributed by atoms with Gasteiger partial charge in [0.1, 0.15) is 11.8 Å². The third-order valence-electron chi connectivity index (χ3n) is 2.36. The molecule has 6 heteroatoms. The van der Waals surface area contributed by atoms with Gasteiger partial charge in [-0.25, -0.2) is 9.78 Å². The average molecular weight is 318 g/mol. The number of halogens is 1. The van der Waals surface area contributed by atoms with Gasteiger partial charge in [-0.15, -0.1) is 0 Å². The minimum Gasteiger partial charge on any atom is -0.478 e. The molecule has 2 rings (SSSR count). The Hall–Kier alpha value is -2.39. The van der Waals surface area contributed by atoms with E-state index in [1.165, 1.54) is 12.3 Å². The van der Waals surface area contributed by atoms with E-state index in [0.717, 1.165) is 0 Å². The Bertz CT molecular complexity index is 663. The van der Waals surface area contributed by atoms with Crippen molar-refractivity contribution in [2.75, 3.05) is 5.32 Å². The Balaban J connectivity index is 2.25. The fourth-order valence-corrected chi connectivity index (χ4v) is 1.88. The summed E-state index contributed by atoms with van der Waals surface area (Å²) < 4.78 is 0.517. The Morgan fingerprint density at radius 1 is 1.32 bits per heavy atom. The number of aromatic carboxylic acids is 1. The molecule has 1 aromatic carbocycles. The molecule has 5 nitrogen and oxygen atoms in total. The molecule has 2 N–H and O–H groups in total. The molecular weight excluding hydrogens is 310 g/mol. The summed E-state index contributed by atoms with van der Waals surface area (Å²) >= 11 is 3.18. The van der Waals surface area contributed by atoms with Crippen LogP contribution < -0.4 is 5.32 Å². The summed E-state index contributed by atoms with van der Waals surface area (Å²) in [7, 11) is 0. The van der Waals surface area contributed by atoms with Crippen molar-refractivity contribution in [2.45, 2.75) is 0 Å². The lowest BCUT2D eigenvalue weighted by Crippen LogP contribution is -1.99. The Morgan fingerprint density at radius 3 is 2.63 bits per heavy atom. The maximum atomic E-state index is 11.0. The molecule has 2 aromatic rings. The maximum absolute atomic E-state index is 11.0. The molecule has 94 valence electrons. The van der Waals surface area contributed by atoms with Crippen LogP contribution in [0, 0.1) is 11.3 Å². The van der Waals surface area contributed by atoms with Gasteiger partial charge in [-0.2, -0.15) is 5.26 Å². The quantitative estimate of drug-likeness (QED) is 0.908. The lowest BCUT2D eigenvalue weighted by atomic mass is 10.2. The summed E-state index contributed by atoms with van der Waals surface area (Å²) in [5.41, 5.74) is 1.81. The number of carbonyl (C=O) groups is 1. The second-order valence-electron chi connectivity index (χ2n) is 3.67. The van der Waals surface area contributed by atoms with E-state index in [2.05, 4.69) is 26.2 Å². The van der Waals surface area contributed by atoms with Crippen LogP contribution in [0.3, 0.4) is 0 Å². The molecule has 0 aliphatic rings. The van der Waals surface area contributed by atoms with Gasteiger partial charge in [0, 0.05) is 10.2 Å². The molecular formula is C13H8BrN3O2. The molecule has 0 aliphatic heterocycles. The Morgan fingerprint density at radius 2 is 2.05 bits per heavy atom. The fraction of sp³-hybridized carbons (Fsp3) is 0. The van der Waals surface area contributed by atoms with Gasteiger partial charge >= 0.3 is 5.97 Å². The van der Waals surface area contributed by atoms with Crippen LogP contribution in [0.25, 0.3) is 0 Å². The second kappa shape index (κ2) is 5.50. The highest BCUT2D eigenvalue weighted by Gasteiger charge is 2.09. The number of nitriles is 1. The van der Waals surface area contributed by atoms with Crippen molar-refractivity contribution < 1.29 is 9.90 Å². The molecule has 0 saturated heterocycles. The van der Waals surface area contributed by atoms with E-state index in [0.29, 0.717) is 21.5 Å². The lowest BCUT2D eigenvalue weighted by molar-refractivity contribution is 0.0696. The standard InChI is InChI=1S/C13H8BrN3O2/c14-12-4-3-8(5-11(12)13(18)19)17-10-2-1-9(6-15)16-7-10/h1-5,7,17H,(H,18,19). The first-order valence-corrected chi connectivity index (χ1v) is 6.05. The van der Waals surface area contributed by atoms with Crippen LogP contribution in [0.4, 0.5) is 11.4 Å². The van der Waals surface area contributed by atoms with Gasteiger partial charge in [0.2, 0.25) is 0 Å². The molecule has 0 bridgehead atoms. The van der Waals surface area contributed by atoms with E-state index in [1.54, 1.807) is 24.3 Å². The molecule has 0 radical (unpaired) electrons. The highest BCUT2D eigenvalue weighted by atomic mass is 79.9. The number of nitrogens with one attached hydrogen (secondary N) is 1. The van der Waals surface area contributed by atoms with Crippen molar-refractivity contribution in [1.29, 1.82) is 5.26 Å². The molecule has 0 atom stereocenters. The SMILES string of the molecule is N#Cc1ccc(Nc2ccc(Br)c(C(=O)O)c2)cn1. The molecule has 0 aliphatic carbocycles. The lowest BCUT2D eigenvalue weighted by Gasteiger charge is -2.07. The van der Waals surface area contributed by atoms with E-state index < -0.39 is 5.97 Å². The van der Waals surface area contributed by atoms with Crippen molar-refractivity contribution in [2.24, 2.45) is 0 Å². The maximum Gasteiger partial charge on any atom is 0.336 e. The number of aromatic nitrogens is 1. The van der Waals surface area contributed by atoms with Crippen molar-refractivity contribution >= 4 is 33.3 Å². The van der Waals surface area contributed by atoms with Crippen LogP contribution in [-0.2, 0) is 0 Å². The predicted molar refractivity (Wildman–Crippen MR) is 73.3 cm³/mol. The molecule has 0 unspecified atom stereocenters. The highest BCUT2D eigenvalue weighted by molar-refractivity contribution is 9.10. The van der Waals surface area contributed by atoms with Gasteiger partial charge in [-0.1, -0.05) is 0 Å². The number of pyridine rings is 1. The monoisotopic (exact) mass is 317 g/mol. The molecule has 19 heavy (non-hydrogen) atoms. The van der Waals surface area contributed by atoms with Crippen LogP contribution >= 0.6 is 15.9 Å². The van der Waals surface area contributed by atoms with Gasteiger partial charge in [-0.3, -0.25) is 0 Å². The van der Waals surface area contributed by atoms with E-state index in [4.69, 9.17) is 10.4 Å². The van der Waals surface area contributed by atoms with Gasteiger partial charge in [0.05, 0.1) is 17.4 Å². The normalized spacial score (nSPS) is 9.68. The highest BCUT2D eigenvalue weighted by Crippen LogP contribution is 2.23. The van der Waals surface area contributed by atoms with Gasteiger partial charge in [0.15, 0.2) is 0 Å². The fourth-order valence-electron chi connectivity index (χ4n) is 1.47. The summed E-state index contributed by atoms with van der Waals surface area (Å²) in [6.45, 7) is 0. The van der Waals surface area contributed by atoms with Gasteiger partial charge < -0.3 is 10.4 Å². The second-order valence-corrected chi connectivity index (χ2v) is 4.52. The smallest absolute Gasteiger partial charge is 0.336 e. The summed E-state index contributed by atoms with van der Waals surface area (Å²) in [5, 5.41) is 20.7. The summed E-state index contributed by atoms with van der Waals surface area (Å²) in [5.74, 6) is -1.01. The predicted octanol–water partition coefficient (Wildman–Crippen LogP) is 3.16. The molecule has 1 aromatic heterocycles. The van der Waals surface area contributed by atoms with Crippen LogP contribution in [-0.4, -0.2) is 16.1 Å². The summed E-state index contributed by atoms with van der Waals surface area (Å²) in [4.78, 5) is 14.9. The van der Waals surface area contributed by atoms with Crippen LogP contribution in [0.5, 0.6) is 0 Å².